The summed E-state index contributed by atoms with van der Waals surface area (Å²) in [7, 11) is 0. The first-order valence-electron chi connectivity index (χ1n) is 4.60. The Balaban J connectivity index is 0.00000144. The predicted octanol–water partition coefficient (Wildman–Crippen LogP) is -0.548. The van der Waals surface area contributed by atoms with E-state index >= 15 is 0 Å². The van der Waals surface area contributed by atoms with Gasteiger partial charge in [0.2, 0.25) is 0 Å². The molecular formula is C9H7BF5KO. The summed E-state index contributed by atoms with van der Waals surface area (Å²) < 4.78 is 67.1. The molecule has 1 aliphatic heterocycles. The fourth-order valence-corrected chi connectivity index (χ4v) is 1.52. The van der Waals surface area contributed by atoms with Crippen LogP contribution in [0, 0.1) is 0 Å². The molecule has 1 aromatic rings. The molecule has 1 atom stereocenters. The summed E-state index contributed by atoms with van der Waals surface area (Å²) in [5, 5.41) is 0. The quantitative estimate of drug-likeness (QED) is 0.520. The van der Waals surface area contributed by atoms with Crippen molar-refractivity contribution in [3.05, 3.63) is 29.8 Å². The summed E-state index contributed by atoms with van der Waals surface area (Å²) in [6, 6.07) is 3.66. The van der Waals surface area contributed by atoms with Crippen LogP contribution in [0.5, 0.6) is 0 Å². The molecule has 0 radical (unpaired) electrons. The van der Waals surface area contributed by atoms with E-state index in [1.54, 1.807) is 0 Å². The second-order valence-corrected chi connectivity index (χ2v) is 3.69. The zero-order valence-corrected chi connectivity index (χ0v) is 12.1. The number of ether oxygens (including phenoxy) is 1. The molecule has 1 unspecified atom stereocenters. The number of halogens is 5. The number of alkyl halides is 2. The summed E-state index contributed by atoms with van der Waals surface area (Å²) in [6.45, 7) is -5.76. The monoisotopic (exact) mass is 276 g/mol. The van der Waals surface area contributed by atoms with Crippen molar-refractivity contribution in [1.82, 2.24) is 0 Å². The van der Waals surface area contributed by atoms with Crippen molar-refractivity contribution in [2.75, 3.05) is 6.61 Å². The van der Waals surface area contributed by atoms with Gasteiger partial charge in [-0.3, -0.25) is 0 Å². The maximum atomic E-state index is 12.9. The third-order valence-electron chi connectivity index (χ3n) is 2.44. The molecular weight excluding hydrogens is 269 g/mol. The van der Waals surface area contributed by atoms with E-state index in [0.29, 0.717) is 0 Å². The van der Waals surface area contributed by atoms with Crippen molar-refractivity contribution in [2.45, 2.75) is 12.0 Å². The van der Waals surface area contributed by atoms with E-state index in [4.69, 9.17) is 0 Å². The molecule has 0 aliphatic carbocycles. The van der Waals surface area contributed by atoms with Gasteiger partial charge in [0.1, 0.15) is 12.7 Å². The third-order valence-corrected chi connectivity index (χ3v) is 2.44. The molecule has 0 bridgehead atoms. The molecule has 1 fully saturated rings. The number of benzene rings is 1. The number of hydrogen-bond donors (Lipinski definition) is 0. The Morgan fingerprint density at radius 3 is 1.94 bits per heavy atom. The first-order chi connectivity index (χ1) is 7.31. The summed E-state index contributed by atoms with van der Waals surface area (Å²) in [6.07, 6.45) is -1.41. The van der Waals surface area contributed by atoms with Gasteiger partial charge in [0.05, 0.1) is 0 Å². The van der Waals surface area contributed by atoms with E-state index in [-0.39, 0.29) is 56.9 Å². The Morgan fingerprint density at radius 1 is 1.12 bits per heavy atom. The maximum Gasteiger partial charge on any atom is 1.00 e. The smallest absolute Gasteiger partial charge is 0.445 e. The van der Waals surface area contributed by atoms with E-state index in [9.17, 15) is 21.7 Å². The first-order valence-corrected chi connectivity index (χ1v) is 4.60. The first kappa shape index (κ1) is 15.6. The molecule has 1 saturated heterocycles. The van der Waals surface area contributed by atoms with E-state index in [1.807, 2.05) is 0 Å². The normalized spacial score (nSPS) is 22.5. The topological polar surface area (TPSA) is 9.23 Å². The van der Waals surface area contributed by atoms with Crippen LogP contribution in [0.15, 0.2) is 24.3 Å². The van der Waals surface area contributed by atoms with Gasteiger partial charge in [-0.15, -0.1) is 5.46 Å². The second kappa shape index (κ2) is 5.26. The van der Waals surface area contributed by atoms with Gasteiger partial charge in [0.25, 0.3) is 0 Å². The Hall–Kier alpha value is 0.531. The van der Waals surface area contributed by atoms with E-state index in [0.717, 1.165) is 24.3 Å². The van der Waals surface area contributed by atoms with Gasteiger partial charge in [-0.2, -0.15) is 0 Å². The SMILES string of the molecule is F[B-](F)(F)c1ccc(C2OCC2(F)F)cc1.[K+]. The average Bonchev–Trinajstić information content (AvgIpc) is 2.16. The molecule has 0 aromatic heterocycles. The van der Waals surface area contributed by atoms with Gasteiger partial charge in [0, 0.05) is 0 Å². The minimum atomic E-state index is -5.08. The van der Waals surface area contributed by atoms with Gasteiger partial charge < -0.3 is 17.7 Å². The summed E-state index contributed by atoms with van der Waals surface area (Å²) in [5.41, 5.74) is -0.730. The molecule has 0 N–H and O–H groups in total. The van der Waals surface area contributed by atoms with Gasteiger partial charge in [0.15, 0.2) is 0 Å². The molecule has 0 amide bonds. The van der Waals surface area contributed by atoms with E-state index < -0.39 is 31.1 Å². The summed E-state index contributed by atoms with van der Waals surface area (Å²) in [4.78, 5) is 0. The van der Waals surface area contributed by atoms with Crippen molar-refractivity contribution in [2.24, 2.45) is 0 Å². The van der Waals surface area contributed by atoms with Crippen LogP contribution in [-0.4, -0.2) is 19.5 Å². The van der Waals surface area contributed by atoms with Crippen LogP contribution in [0.25, 0.3) is 0 Å². The zero-order chi connectivity index (χ0) is 12.0. The van der Waals surface area contributed by atoms with Crippen molar-refractivity contribution < 1.29 is 77.8 Å². The van der Waals surface area contributed by atoms with Crippen molar-refractivity contribution in [1.29, 1.82) is 0 Å². The van der Waals surface area contributed by atoms with Crippen LogP contribution in [-0.2, 0) is 4.74 Å². The number of hydrogen-bond acceptors (Lipinski definition) is 1. The van der Waals surface area contributed by atoms with Crippen LogP contribution < -0.4 is 56.8 Å². The van der Waals surface area contributed by atoms with Gasteiger partial charge in [-0.1, -0.05) is 24.3 Å². The molecule has 1 nitrogen and oxygen atoms in total. The third kappa shape index (κ3) is 3.30. The summed E-state index contributed by atoms with van der Waals surface area (Å²) in [5.74, 6) is -2.98. The fraction of sp³-hybridized carbons (Fsp3) is 0.333. The second-order valence-electron chi connectivity index (χ2n) is 3.69. The Kier molecular flexibility index (Phi) is 4.82. The van der Waals surface area contributed by atoms with Gasteiger partial charge in [-0.05, 0) is 5.56 Å². The maximum absolute atomic E-state index is 12.9. The van der Waals surface area contributed by atoms with Gasteiger partial charge in [-0.25, -0.2) is 8.78 Å². The van der Waals surface area contributed by atoms with Crippen LogP contribution in [0.3, 0.4) is 0 Å². The molecule has 8 heteroatoms. The molecule has 17 heavy (non-hydrogen) atoms. The van der Waals surface area contributed by atoms with Crippen LogP contribution in [0.1, 0.15) is 11.7 Å². The van der Waals surface area contributed by atoms with Crippen molar-refractivity contribution in [3.8, 4) is 0 Å². The Labute approximate surface area is 137 Å². The minimum Gasteiger partial charge on any atom is -0.445 e. The largest absolute Gasteiger partial charge is 1.00 e. The average molecular weight is 276 g/mol. The van der Waals surface area contributed by atoms with Gasteiger partial charge >= 0.3 is 64.3 Å². The molecule has 2 rings (SSSR count). The fourth-order valence-electron chi connectivity index (χ4n) is 1.52. The Morgan fingerprint density at radius 2 is 1.65 bits per heavy atom. The molecule has 88 valence electrons. The molecule has 0 saturated carbocycles. The van der Waals surface area contributed by atoms with Crippen molar-refractivity contribution >= 4 is 12.4 Å². The molecule has 1 aromatic carbocycles. The molecule has 0 spiro atoms. The van der Waals surface area contributed by atoms with Crippen LogP contribution in [0.2, 0.25) is 0 Å². The summed E-state index contributed by atoms with van der Waals surface area (Å²) >= 11 is 0. The zero-order valence-electron chi connectivity index (χ0n) is 8.97. The van der Waals surface area contributed by atoms with E-state index in [1.165, 1.54) is 0 Å². The predicted molar refractivity (Wildman–Crippen MR) is 48.8 cm³/mol. The molecule has 1 heterocycles. The Bertz CT molecular complexity index is 391. The van der Waals surface area contributed by atoms with E-state index in [2.05, 4.69) is 4.74 Å². The van der Waals surface area contributed by atoms with Crippen LogP contribution >= 0.6 is 0 Å². The van der Waals surface area contributed by atoms with Crippen molar-refractivity contribution in [3.63, 3.8) is 0 Å². The number of rotatable bonds is 2. The van der Waals surface area contributed by atoms with Crippen LogP contribution in [0.4, 0.5) is 21.7 Å². The minimum absolute atomic E-state index is 0. The standard InChI is InChI=1S/C9H7BF5O.K/c11-9(12)5-16-8(9)6-1-3-7(4-2-6)10(13,14)15;/h1-4,8H,5H2;/q-1;+1. The molecule has 1 aliphatic rings.